The molecular weight excluding hydrogens is 325 g/mol. The van der Waals surface area contributed by atoms with Gasteiger partial charge in [0.25, 0.3) is 5.91 Å². The molecule has 0 spiro atoms. The van der Waals surface area contributed by atoms with E-state index in [0.717, 1.165) is 19.6 Å². The van der Waals surface area contributed by atoms with E-state index in [1.165, 1.54) is 49.8 Å². The smallest absolute Gasteiger partial charge is 0.273 e. The lowest BCUT2D eigenvalue weighted by atomic mass is 10.1. The number of carbonyl (C=O) groups excluding carboxylic acids is 1. The largest absolute Gasteiger partial charge is 0.484 e. The van der Waals surface area contributed by atoms with Crippen molar-refractivity contribution in [3.8, 4) is 5.75 Å². The van der Waals surface area contributed by atoms with E-state index in [1.54, 1.807) is 0 Å². The molecule has 7 heteroatoms. The van der Waals surface area contributed by atoms with Gasteiger partial charge in [0, 0.05) is 13.1 Å². The molecule has 1 fully saturated rings. The quantitative estimate of drug-likeness (QED) is 0.834. The van der Waals surface area contributed by atoms with Gasteiger partial charge in [-0.15, -0.1) is 0 Å². The first-order valence-electron chi connectivity index (χ1n) is 8.54. The van der Waals surface area contributed by atoms with Crippen LogP contribution in [-0.4, -0.2) is 42.0 Å². The first-order valence-corrected chi connectivity index (χ1v) is 8.54. The molecule has 1 aliphatic heterocycles. The monoisotopic (exact) mass is 347 g/mol. The van der Waals surface area contributed by atoms with Crippen molar-refractivity contribution in [2.24, 2.45) is 0 Å². The number of ether oxygens (including phenoxy) is 1. The number of amides is 1. The molecule has 1 aromatic carbocycles. The van der Waals surface area contributed by atoms with Crippen LogP contribution in [0, 0.1) is 5.82 Å². The summed E-state index contributed by atoms with van der Waals surface area (Å²) in [6.07, 6.45) is 5.08. The van der Waals surface area contributed by atoms with Crippen molar-refractivity contribution in [3.05, 3.63) is 47.9 Å². The first-order chi connectivity index (χ1) is 12.2. The Morgan fingerprint density at radius 2 is 2.00 bits per heavy atom. The number of aromatic nitrogens is 1. The molecule has 1 aliphatic rings. The zero-order valence-corrected chi connectivity index (χ0v) is 14.0. The van der Waals surface area contributed by atoms with Gasteiger partial charge in [-0.3, -0.25) is 4.79 Å². The lowest BCUT2D eigenvalue weighted by Gasteiger charge is -2.26. The van der Waals surface area contributed by atoms with Gasteiger partial charge < -0.3 is 19.4 Å². The molecule has 0 radical (unpaired) electrons. The maximum atomic E-state index is 12.8. The van der Waals surface area contributed by atoms with Crippen molar-refractivity contribution >= 4 is 5.91 Å². The van der Waals surface area contributed by atoms with Gasteiger partial charge in [0.15, 0.2) is 12.3 Å². The molecule has 134 valence electrons. The number of likely N-dealkylation sites (tertiary alicyclic amines) is 1. The Morgan fingerprint density at radius 1 is 1.24 bits per heavy atom. The van der Waals surface area contributed by atoms with Crippen LogP contribution in [0.4, 0.5) is 4.39 Å². The van der Waals surface area contributed by atoms with Crippen molar-refractivity contribution in [1.82, 2.24) is 15.2 Å². The van der Waals surface area contributed by atoms with Crippen molar-refractivity contribution < 1.29 is 18.3 Å². The summed E-state index contributed by atoms with van der Waals surface area (Å²) in [5, 5.41) is 2.85. The van der Waals surface area contributed by atoms with Crippen LogP contribution in [0.5, 0.6) is 5.75 Å². The van der Waals surface area contributed by atoms with Gasteiger partial charge in [-0.05, 0) is 50.2 Å². The molecule has 25 heavy (non-hydrogen) atoms. The Bertz CT molecular complexity index is 681. The second-order valence-corrected chi connectivity index (χ2v) is 6.03. The van der Waals surface area contributed by atoms with E-state index in [4.69, 9.17) is 9.15 Å². The van der Waals surface area contributed by atoms with Gasteiger partial charge in [0.1, 0.15) is 17.8 Å². The van der Waals surface area contributed by atoms with E-state index in [-0.39, 0.29) is 24.0 Å². The fourth-order valence-corrected chi connectivity index (χ4v) is 2.76. The zero-order chi connectivity index (χ0) is 17.5. The third-order valence-electron chi connectivity index (χ3n) is 4.12. The molecule has 0 aliphatic carbocycles. The SMILES string of the molecule is O=C(NCCN1CCCCC1)c1coc(COc2ccc(F)cc2)n1. The number of hydrogen-bond donors (Lipinski definition) is 1. The molecule has 0 bridgehead atoms. The highest BCUT2D eigenvalue weighted by Gasteiger charge is 2.14. The van der Waals surface area contributed by atoms with Crippen LogP contribution in [0.3, 0.4) is 0 Å². The van der Waals surface area contributed by atoms with Gasteiger partial charge in [-0.1, -0.05) is 6.42 Å². The van der Waals surface area contributed by atoms with Crippen LogP contribution in [-0.2, 0) is 6.61 Å². The predicted octanol–water partition coefficient (Wildman–Crippen LogP) is 2.61. The maximum Gasteiger partial charge on any atom is 0.273 e. The van der Waals surface area contributed by atoms with Crippen molar-refractivity contribution in [3.63, 3.8) is 0 Å². The number of oxazole rings is 1. The summed E-state index contributed by atoms with van der Waals surface area (Å²) >= 11 is 0. The maximum absolute atomic E-state index is 12.8. The van der Waals surface area contributed by atoms with Crippen LogP contribution in [0.15, 0.2) is 34.9 Å². The molecule has 1 aromatic heterocycles. The third-order valence-corrected chi connectivity index (χ3v) is 4.12. The summed E-state index contributed by atoms with van der Waals surface area (Å²) in [5.41, 5.74) is 0.233. The van der Waals surface area contributed by atoms with Crippen LogP contribution in [0.25, 0.3) is 0 Å². The molecule has 0 atom stereocenters. The zero-order valence-electron chi connectivity index (χ0n) is 14.0. The highest BCUT2D eigenvalue weighted by Crippen LogP contribution is 2.13. The van der Waals surface area contributed by atoms with E-state index >= 15 is 0 Å². The molecule has 2 heterocycles. The van der Waals surface area contributed by atoms with Gasteiger partial charge in [-0.2, -0.15) is 0 Å². The van der Waals surface area contributed by atoms with Gasteiger partial charge in [0.2, 0.25) is 5.89 Å². The molecule has 0 unspecified atom stereocenters. The average Bonchev–Trinajstić information content (AvgIpc) is 3.11. The van der Waals surface area contributed by atoms with Crippen molar-refractivity contribution in [2.45, 2.75) is 25.9 Å². The minimum atomic E-state index is -0.327. The molecule has 1 saturated heterocycles. The fourth-order valence-electron chi connectivity index (χ4n) is 2.76. The third kappa shape index (κ3) is 5.29. The van der Waals surface area contributed by atoms with E-state index in [1.807, 2.05) is 0 Å². The lowest BCUT2D eigenvalue weighted by molar-refractivity contribution is 0.0941. The van der Waals surface area contributed by atoms with Crippen LogP contribution in [0.2, 0.25) is 0 Å². The second kappa shape index (κ2) is 8.62. The number of piperidine rings is 1. The summed E-state index contributed by atoms with van der Waals surface area (Å²) in [6.45, 7) is 3.72. The number of halogens is 1. The molecule has 1 N–H and O–H groups in total. The molecule has 2 aromatic rings. The van der Waals surface area contributed by atoms with E-state index in [0.29, 0.717) is 18.2 Å². The predicted molar refractivity (Wildman–Crippen MR) is 89.9 cm³/mol. The molecule has 6 nitrogen and oxygen atoms in total. The van der Waals surface area contributed by atoms with E-state index in [2.05, 4.69) is 15.2 Å². The van der Waals surface area contributed by atoms with Gasteiger partial charge >= 0.3 is 0 Å². The molecule has 1 amide bonds. The van der Waals surface area contributed by atoms with Gasteiger partial charge in [0.05, 0.1) is 0 Å². The number of carbonyl (C=O) groups is 1. The van der Waals surface area contributed by atoms with Crippen molar-refractivity contribution in [2.75, 3.05) is 26.2 Å². The number of hydrogen-bond acceptors (Lipinski definition) is 5. The number of nitrogens with one attached hydrogen (secondary N) is 1. The Balaban J connectivity index is 1.42. The highest BCUT2D eigenvalue weighted by atomic mass is 19.1. The topological polar surface area (TPSA) is 67.6 Å². The molecule has 0 saturated carbocycles. The first kappa shape index (κ1) is 17.4. The second-order valence-electron chi connectivity index (χ2n) is 6.03. The van der Waals surface area contributed by atoms with E-state index < -0.39 is 0 Å². The summed E-state index contributed by atoms with van der Waals surface area (Å²) in [4.78, 5) is 18.5. The average molecular weight is 347 g/mol. The summed E-state index contributed by atoms with van der Waals surface area (Å²) in [7, 11) is 0. The summed E-state index contributed by atoms with van der Waals surface area (Å²) in [5.74, 6) is 0.221. The van der Waals surface area contributed by atoms with E-state index in [9.17, 15) is 9.18 Å². The highest BCUT2D eigenvalue weighted by molar-refractivity contribution is 5.91. The van der Waals surface area contributed by atoms with Crippen LogP contribution >= 0.6 is 0 Å². The Morgan fingerprint density at radius 3 is 2.76 bits per heavy atom. The standard InChI is InChI=1S/C18H22FN3O3/c19-14-4-6-15(7-5-14)24-13-17-21-16(12-25-17)18(23)20-8-11-22-9-2-1-3-10-22/h4-7,12H,1-3,8-11,13H2,(H,20,23). The Kier molecular flexibility index (Phi) is 6.00. The Labute approximate surface area is 146 Å². The minimum absolute atomic E-state index is 0.0761. The molecule has 3 rings (SSSR count). The van der Waals surface area contributed by atoms with Crippen molar-refractivity contribution in [1.29, 1.82) is 0 Å². The lowest BCUT2D eigenvalue weighted by Crippen LogP contribution is -2.37. The fraction of sp³-hybridized carbons (Fsp3) is 0.444. The normalized spacial score (nSPS) is 15.1. The van der Waals surface area contributed by atoms with Crippen LogP contribution in [0.1, 0.15) is 35.6 Å². The van der Waals surface area contributed by atoms with Gasteiger partial charge in [-0.25, -0.2) is 9.37 Å². The minimum Gasteiger partial charge on any atom is -0.484 e. The molecular formula is C18H22FN3O3. The summed E-state index contributed by atoms with van der Waals surface area (Å²) < 4.78 is 23.5. The number of benzene rings is 1. The van der Waals surface area contributed by atoms with Crippen LogP contribution < -0.4 is 10.1 Å². The summed E-state index contributed by atoms with van der Waals surface area (Å²) in [6, 6.07) is 5.66. The number of rotatable bonds is 7. The number of nitrogens with zero attached hydrogens (tertiary/aromatic N) is 2. The Hall–Kier alpha value is -2.41.